The SMILES string of the molecule is O=c1cc(C(F)(F)F)c2ccc(NCCCc3ccc4cccccc3-4)cc2o1. The van der Waals surface area contributed by atoms with Gasteiger partial charge in [-0.2, -0.15) is 13.2 Å². The lowest BCUT2D eigenvalue weighted by atomic mass is 10.1. The third kappa shape index (κ3) is 4.11. The van der Waals surface area contributed by atoms with Gasteiger partial charge in [-0.25, -0.2) is 4.79 Å². The summed E-state index contributed by atoms with van der Waals surface area (Å²) in [6.45, 7) is 0.639. The average molecular weight is 397 g/mol. The zero-order valence-corrected chi connectivity index (χ0v) is 15.4. The molecule has 0 spiro atoms. The highest BCUT2D eigenvalue weighted by Crippen LogP contribution is 2.34. The predicted molar refractivity (Wildman–Crippen MR) is 107 cm³/mol. The molecule has 2 aliphatic carbocycles. The van der Waals surface area contributed by atoms with Crippen molar-refractivity contribution in [3.8, 4) is 11.1 Å². The van der Waals surface area contributed by atoms with Gasteiger partial charge in [-0.3, -0.25) is 0 Å². The van der Waals surface area contributed by atoms with Crippen LogP contribution in [0.4, 0.5) is 18.9 Å². The van der Waals surface area contributed by atoms with E-state index in [-0.39, 0.29) is 11.0 Å². The van der Waals surface area contributed by atoms with Crippen LogP contribution in [0.15, 0.2) is 75.9 Å². The molecule has 4 rings (SSSR count). The fourth-order valence-corrected chi connectivity index (χ4v) is 3.52. The van der Waals surface area contributed by atoms with Crippen molar-refractivity contribution in [3.05, 3.63) is 88.3 Å². The Kier molecular flexibility index (Phi) is 5.01. The van der Waals surface area contributed by atoms with Crippen molar-refractivity contribution in [1.29, 1.82) is 0 Å². The molecule has 0 atom stereocenters. The number of halogens is 3. The van der Waals surface area contributed by atoms with Gasteiger partial charge in [0.1, 0.15) is 5.58 Å². The monoisotopic (exact) mass is 397 g/mol. The topological polar surface area (TPSA) is 42.2 Å². The zero-order valence-electron chi connectivity index (χ0n) is 15.4. The number of anilines is 1. The van der Waals surface area contributed by atoms with E-state index in [9.17, 15) is 18.0 Å². The minimum absolute atomic E-state index is 0.0793. The Hall–Kier alpha value is -3.28. The maximum absolute atomic E-state index is 13.1. The Morgan fingerprint density at radius 2 is 1.76 bits per heavy atom. The number of nitrogens with one attached hydrogen (secondary N) is 1. The number of rotatable bonds is 5. The summed E-state index contributed by atoms with van der Waals surface area (Å²) in [7, 11) is 0. The van der Waals surface area contributed by atoms with Crippen LogP contribution in [0.1, 0.15) is 17.5 Å². The summed E-state index contributed by atoms with van der Waals surface area (Å²) < 4.78 is 44.3. The lowest BCUT2D eigenvalue weighted by Crippen LogP contribution is -2.11. The quantitative estimate of drug-likeness (QED) is 0.334. The molecule has 6 heteroatoms. The molecular formula is C23H18F3NO2. The standard InChI is InChI=1S/C23H18F3NO2/c24-23(25,26)20-14-22(28)29-21-13-17(10-11-19(20)21)27-12-4-6-16-9-8-15-5-2-1-3-7-18(15)16/h1-3,5,7-11,13-14,27H,4,6,12H2. The van der Waals surface area contributed by atoms with Crippen LogP contribution < -0.4 is 10.9 Å². The van der Waals surface area contributed by atoms with Gasteiger partial charge in [0, 0.05) is 29.8 Å². The van der Waals surface area contributed by atoms with E-state index in [1.54, 1.807) is 6.07 Å². The van der Waals surface area contributed by atoms with Crippen LogP contribution in [0.25, 0.3) is 22.1 Å². The first-order valence-electron chi connectivity index (χ1n) is 9.27. The number of hydrogen-bond donors (Lipinski definition) is 1. The van der Waals surface area contributed by atoms with Crippen molar-refractivity contribution < 1.29 is 17.6 Å². The predicted octanol–water partition coefficient (Wildman–Crippen LogP) is 5.96. The molecule has 2 aliphatic rings. The second-order valence-electron chi connectivity index (χ2n) is 6.86. The molecule has 29 heavy (non-hydrogen) atoms. The molecule has 1 aromatic heterocycles. The number of aryl methyl sites for hydroxylation is 1. The van der Waals surface area contributed by atoms with Crippen molar-refractivity contribution in [2.75, 3.05) is 11.9 Å². The fourth-order valence-electron chi connectivity index (χ4n) is 3.52. The normalized spacial score (nSPS) is 11.8. The molecule has 1 N–H and O–H groups in total. The van der Waals surface area contributed by atoms with Gasteiger partial charge in [0.05, 0.1) is 5.56 Å². The molecule has 0 aliphatic heterocycles. The lowest BCUT2D eigenvalue weighted by molar-refractivity contribution is -0.136. The summed E-state index contributed by atoms with van der Waals surface area (Å²) in [5.41, 5.74) is 2.22. The highest BCUT2D eigenvalue weighted by Gasteiger charge is 2.33. The second kappa shape index (κ2) is 7.62. The fraction of sp³-hybridized carbons (Fsp3) is 0.174. The van der Waals surface area contributed by atoms with E-state index in [4.69, 9.17) is 4.42 Å². The van der Waals surface area contributed by atoms with Crippen LogP contribution in [0.5, 0.6) is 0 Å². The van der Waals surface area contributed by atoms with E-state index >= 15 is 0 Å². The summed E-state index contributed by atoms with van der Waals surface area (Å²) in [5.74, 6) is 0. The van der Waals surface area contributed by atoms with Gasteiger partial charge in [-0.15, -0.1) is 0 Å². The van der Waals surface area contributed by atoms with Gasteiger partial charge in [0.15, 0.2) is 0 Å². The van der Waals surface area contributed by atoms with Gasteiger partial charge in [0.25, 0.3) is 0 Å². The van der Waals surface area contributed by atoms with Crippen molar-refractivity contribution in [2.24, 2.45) is 0 Å². The van der Waals surface area contributed by atoms with Crippen molar-refractivity contribution >= 4 is 16.7 Å². The Labute approximate surface area is 165 Å². The molecule has 1 aromatic carbocycles. The molecule has 0 bridgehead atoms. The number of fused-ring (bicyclic) bond motifs is 2. The number of alkyl halides is 3. The average Bonchev–Trinajstić information content (AvgIpc) is 2.90. The highest BCUT2D eigenvalue weighted by atomic mass is 19.4. The lowest BCUT2D eigenvalue weighted by Gasteiger charge is -2.11. The van der Waals surface area contributed by atoms with Crippen LogP contribution in [-0.4, -0.2) is 6.54 Å². The van der Waals surface area contributed by atoms with E-state index in [0.29, 0.717) is 18.3 Å². The largest absolute Gasteiger partial charge is 0.423 e. The molecule has 0 saturated heterocycles. The molecule has 148 valence electrons. The molecule has 0 unspecified atom stereocenters. The van der Waals surface area contributed by atoms with E-state index < -0.39 is 17.4 Å². The van der Waals surface area contributed by atoms with Crippen molar-refractivity contribution in [1.82, 2.24) is 0 Å². The van der Waals surface area contributed by atoms with Crippen LogP contribution in [-0.2, 0) is 12.6 Å². The Bertz CT molecular complexity index is 1180. The molecule has 3 nitrogen and oxygen atoms in total. The summed E-state index contributed by atoms with van der Waals surface area (Å²) in [4.78, 5) is 11.5. The van der Waals surface area contributed by atoms with E-state index in [0.717, 1.165) is 12.8 Å². The highest BCUT2D eigenvalue weighted by molar-refractivity contribution is 5.84. The Morgan fingerprint density at radius 3 is 2.59 bits per heavy atom. The van der Waals surface area contributed by atoms with Crippen LogP contribution in [0, 0.1) is 0 Å². The van der Waals surface area contributed by atoms with Gasteiger partial charge >= 0.3 is 11.8 Å². The first-order valence-corrected chi connectivity index (χ1v) is 9.27. The Morgan fingerprint density at radius 1 is 0.931 bits per heavy atom. The molecule has 2 aromatic rings. The molecule has 0 amide bonds. The van der Waals surface area contributed by atoms with Crippen molar-refractivity contribution in [3.63, 3.8) is 0 Å². The maximum atomic E-state index is 13.1. The molecular weight excluding hydrogens is 379 g/mol. The second-order valence-corrected chi connectivity index (χ2v) is 6.86. The minimum Gasteiger partial charge on any atom is -0.423 e. The smallest absolute Gasteiger partial charge is 0.417 e. The van der Waals surface area contributed by atoms with E-state index in [2.05, 4.69) is 29.6 Å². The van der Waals surface area contributed by atoms with Gasteiger partial charge in [0.2, 0.25) is 0 Å². The number of hydrogen-bond acceptors (Lipinski definition) is 3. The zero-order chi connectivity index (χ0) is 20.4. The Balaban J connectivity index is 1.45. The van der Waals surface area contributed by atoms with Crippen molar-refractivity contribution in [2.45, 2.75) is 19.0 Å². The van der Waals surface area contributed by atoms with Crippen LogP contribution >= 0.6 is 0 Å². The third-order valence-electron chi connectivity index (χ3n) is 4.88. The minimum atomic E-state index is -4.61. The van der Waals surface area contributed by atoms with E-state index in [1.165, 1.54) is 28.8 Å². The third-order valence-corrected chi connectivity index (χ3v) is 4.88. The van der Waals surface area contributed by atoms with Crippen LogP contribution in [0.2, 0.25) is 0 Å². The summed E-state index contributed by atoms with van der Waals surface area (Å²) >= 11 is 0. The van der Waals surface area contributed by atoms with Gasteiger partial charge in [-0.1, -0.05) is 42.5 Å². The molecule has 1 heterocycles. The summed E-state index contributed by atoms with van der Waals surface area (Å²) in [6, 6.07) is 19.2. The van der Waals surface area contributed by atoms with Gasteiger partial charge < -0.3 is 9.73 Å². The maximum Gasteiger partial charge on any atom is 0.417 e. The summed E-state index contributed by atoms with van der Waals surface area (Å²) in [6.07, 6.45) is -2.88. The van der Waals surface area contributed by atoms with E-state index in [1.807, 2.05) is 18.2 Å². The molecule has 0 saturated carbocycles. The molecule has 0 fully saturated rings. The first-order chi connectivity index (χ1) is 13.9. The summed E-state index contributed by atoms with van der Waals surface area (Å²) in [5, 5.41) is 3.06. The molecule has 0 radical (unpaired) electrons. The van der Waals surface area contributed by atoms with Crippen LogP contribution in [0.3, 0.4) is 0 Å². The number of benzene rings is 1. The van der Waals surface area contributed by atoms with Gasteiger partial charge in [-0.05, 0) is 41.7 Å². The first kappa shape index (κ1) is 19.1.